The molecule has 0 saturated heterocycles. The number of fused-ring (bicyclic) bond motifs is 4. The van der Waals surface area contributed by atoms with Gasteiger partial charge in [0, 0.05) is 35.3 Å². The zero-order chi connectivity index (χ0) is 23.2. The van der Waals surface area contributed by atoms with Crippen molar-refractivity contribution in [3.63, 3.8) is 0 Å². The Hall–Kier alpha value is -4.06. The molecule has 0 spiro atoms. The average Bonchev–Trinajstić information content (AvgIpc) is 3.29. The summed E-state index contributed by atoms with van der Waals surface area (Å²) in [5.74, 6) is 2.34. The van der Waals surface area contributed by atoms with E-state index in [0.29, 0.717) is 19.8 Å². The number of methoxy groups -OCH3 is 1. The zero-order valence-electron chi connectivity index (χ0n) is 19.5. The molecule has 34 heavy (non-hydrogen) atoms. The second kappa shape index (κ2) is 8.06. The van der Waals surface area contributed by atoms with Crippen molar-refractivity contribution in [2.75, 3.05) is 20.3 Å². The summed E-state index contributed by atoms with van der Waals surface area (Å²) < 4.78 is 19.5. The van der Waals surface area contributed by atoms with E-state index in [4.69, 9.17) is 14.2 Å². The van der Waals surface area contributed by atoms with Crippen molar-refractivity contribution in [2.45, 2.75) is 20.4 Å². The molecule has 6 rings (SSSR count). The maximum atomic E-state index is 5.89. The van der Waals surface area contributed by atoms with Crippen LogP contribution in [-0.2, 0) is 6.54 Å². The van der Waals surface area contributed by atoms with Crippen molar-refractivity contribution in [1.82, 2.24) is 14.8 Å². The zero-order valence-corrected chi connectivity index (χ0v) is 19.5. The van der Waals surface area contributed by atoms with Crippen LogP contribution in [0.15, 0.2) is 60.8 Å². The second-order valence-electron chi connectivity index (χ2n) is 8.73. The third-order valence-corrected chi connectivity index (χ3v) is 6.54. The predicted octanol–water partition coefficient (Wildman–Crippen LogP) is 5.65. The highest BCUT2D eigenvalue weighted by atomic mass is 16.6. The summed E-state index contributed by atoms with van der Waals surface area (Å²) in [5.41, 5.74) is 8.47. The van der Waals surface area contributed by atoms with Crippen LogP contribution < -0.4 is 14.2 Å². The van der Waals surface area contributed by atoms with Gasteiger partial charge in [0.05, 0.1) is 12.6 Å². The SMILES string of the molecule is COc1cccc(Cn2cc3c(-c4ccc(C)c(C)c4)nnc-3c3cc4c(cc32)OCCO4)c1. The van der Waals surface area contributed by atoms with Gasteiger partial charge >= 0.3 is 0 Å². The van der Waals surface area contributed by atoms with Crippen molar-refractivity contribution in [1.29, 1.82) is 0 Å². The molecular formula is C28H25N3O3. The summed E-state index contributed by atoms with van der Waals surface area (Å²) in [4.78, 5) is 0. The summed E-state index contributed by atoms with van der Waals surface area (Å²) in [5, 5.41) is 10.2. The number of aromatic nitrogens is 3. The summed E-state index contributed by atoms with van der Waals surface area (Å²) in [7, 11) is 1.69. The van der Waals surface area contributed by atoms with Crippen LogP contribution in [-0.4, -0.2) is 35.1 Å². The third kappa shape index (κ3) is 3.43. The van der Waals surface area contributed by atoms with Gasteiger partial charge in [-0.1, -0.05) is 24.3 Å². The second-order valence-corrected chi connectivity index (χ2v) is 8.73. The number of benzene rings is 3. The van der Waals surface area contributed by atoms with Crippen LogP contribution in [0, 0.1) is 13.8 Å². The number of nitrogens with zero attached hydrogens (tertiary/aromatic N) is 3. The van der Waals surface area contributed by atoms with E-state index in [9.17, 15) is 0 Å². The van der Waals surface area contributed by atoms with Gasteiger partial charge in [-0.25, -0.2) is 0 Å². The Morgan fingerprint density at radius 1 is 0.882 bits per heavy atom. The van der Waals surface area contributed by atoms with E-state index in [-0.39, 0.29) is 0 Å². The highest BCUT2D eigenvalue weighted by Crippen LogP contribution is 2.42. The van der Waals surface area contributed by atoms with Gasteiger partial charge in [0.15, 0.2) is 11.5 Å². The lowest BCUT2D eigenvalue weighted by molar-refractivity contribution is 0.172. The molecule has 3 aromatic rings. The van der Waals surface area contributed by atoms with Crippen molar-refractivity contribution < 1.29 is 14.2 Å². The Morgan fingerprint density at radius 3 is 2.47 bits per heavy atom. The molecule has 6 nitrogen and oxygen atoms in total. The van der Waals surface area contributed by atoms with E-state index in [2.05, 4.69) is 65.1 Å². The smallest absolute Gasteiger partial charge is 0.163 e. The molecule has 0 saturated carbocycles. The first-order valence-electron chi connectivity index (χ1n) is 11.4. The highest BCUT2D eigenvalue weighted by molar-refractivity contribution is 5.99. The Balaban J connectivity index is 1.58. The van der Waals surface area contributed by atoms with Gasteiger partial charge in [-0.05, 0) is 54.8 Å². The van der Waals surface area contributed by atoms with Crippen molar-refractivity contribution in [2.24, 2.45) is 0 Å². The average molecular weight is 452 g/mol. The largest absolute Gasteiger partial charge is 0.497 e. The number of hydrogen-bond donors (Lipinski definition) is 0. The topological polar surface area (TPSA) is 58.4 Å². The normalized spacial score (nSPS) is 12.9. The Kier molecular flexibility index (Phi) is 4.87. The van der Waals surface area contributed by atoms with Crippen molar-refractivity contribution in [3.8, 4) is 39.8 Å². The van der Waals surface area contributed by atoms with Crippen LogP contribution in [0.25, 0.3) is 33.4 Å². The number of rotatable bonds is 4. The first-order valence-corrected chi connectivity index (χ1v) is 11.4. The maximum Gasteiger partial charge on any atom is 0.163 e. The number of hydrogen-bond acceptors (Lipinski definition) is 5. The molecule has 0 unspecified atom stereocenters. The Labute approximate surface area is 198 Å². The molecule has 0 N–H and O–H groups in total. The van der Waals surface area contributed by atoms with Crippen LogP contribution in [0.4, 0.5) is 0 Å². The number of pyridine rings is 1. The molecule has 3 heterocycles. The van der Waals surface area contributed by atoms with E-state index in [1.165, 1.54) is 11.1 Å². The molecule has 0 radical (unpaired) electrons. The molecule has 0 bridgehead atoms. The van der Waals surface area contributed by atoms with Crippen LogP contribution in [0.2, 0.25) is 0 Å². The fraction of sp³-hybridized carbons (Fsp3) is 0.214. The van der Waals surface area contributed by atoms with Crippen molar-refractivity contribution in [3.05, 3.63) is 77.5 Å². The highest BCUT2D eigenvalue weighted by Gasteiger charge is 2.23. The minimum atomic E-state index is 0.541. The van der Waals surface area contributed by atoms with Gasteiger partial charge in [0.2, 0.25) is 0 Å². The molecule has 6 heteroatoms. The molecule has 0 aromatic heterocycles. The quantitative estimate of drug-likeness (QED) is 0.354. The lowest BCUT2D eigenvalue weighted by Gasteiger charge is -2.22. The molecule has 3 aromatic carbocycles. The molecule has 3 aliphatic heterocycles. The maximum absolute atomic E-state index is 5.89. The molecule has 3 aliphatic rings. The molecule has 0 aliphatic carbocycles. The minimum absolute atomic E-state index is 0.541. The fourth-order valence-corrected chi connectivity index (χ4v) is 4.57. The Bertz CT molecular complexity index is 1500. The molecule has 170 valence electrons. The van der Waals surface area contributed by atoms with E-state index in [0.717, 1.165) is 56.2 Å². The molecule has 0 atom stereocenters. The lowest BCUT2D eigenvalue weighted by atomic mass is 9.98. The molecule has 0 fully saturated rings. The van der Waals surface area contributed by atoms with Gasteiger partial charge in [-0.3, -0.25) is 0 Å². The first kappa shape index (κ1) is 20.5. The summed E-state index contributed by atoms with van der Waals surface area (Å²) in [6.07, 6.45) is 2.15. The van der Waals surface area contributed by atoms with Crippen LogP contribution in [0.5, 0.6) is 17.2 Å². The van der Waals surface area contributed by atoms with Crippen molar-refractivity contribution >= 4 is 10.9 Å². The number of aryl methyl sites for hydroxylation is 2. The molecule has 0 amide bonds. The van der Waals surface area contributed by atoms with Gasteiger partial charge in [0.1, 0.15) is 30.4 Å². The molecular weight excluding hydrogens is 426 g/mol. The van der Waals surface area contributed by atoms with E-state index in [1.807, 2.05) is 24.3 Å². The van der Waals surface area contributed by atoms with Crippen LogP contribution in [0.1, 0.15) is 16.7 Å². The van der Waals surface area contributed by atoms with Gasteiger partial charge in [-0.15, -0.1) is 10.2 Å². The van der Waals surface area contributed by atoms with E-state index in [1.54, 1.807) is 7.11 Å². The standard InChI is InChI=1S/C28H25N3O3/c1-17-7-8-20(11-18(17)2)27-23-16-31(15-19-5-4-6-21(12-19)32-3)24-14-26-25(33-9-10-34-26)13-22(24)28(23)30-29-27/h4-8,11-14,16H,9-10,15H2,1-3H3. The van der Waals surface area contributed by atoms with Crippen LogP contribution in [0.3, 0.4) is 0 Å². The van der Waals surface area contributed by atoms with Gasteiger partial charge in [0.25, 0.3) is 0 Å². The summed E-state index contributed by atoms with van der Waals surface area (Å²) in [6.45, 7) is 6.00. The minimum Gasteiger partial charge on any atom is -0.497 e. The monoisotopic (exact) mass is 451 g/mol. The van der Waals surface area contributed by atoms with E-state index >= 15 is 0 Å². The lowest BCUT2D eigenvalue weighted by Crippen LogP contribution is -2.15. The number of ether oxygens (including phenoxy) is 3. The van der Waals surface area contributed by atoms with Gasteiger partial charge in [-0.2, -0.15) is 0 Å². The third-order valence-electron chi connectivity index (χ3n) is 6.54. The van der Waals surface area contributed by atoms with Gasteiger partial charge < -0.3 is 18.8 Å². The first-order chi connectivity index (χ1) is 16.6. The summed E-state index contributed by atoms with van der Waals surface area (Å²) in [6, 6.07) is 18.7. The summed E-state index contributed by atoms with van der Waals surface area (Å²) >= 11 is 0. The van der Waals surface area contributed by atoms with Crippen LogP contribution >= 0.6 is 0 Å². The fourth-order valence-electron chi connectivity index (χ4n) is 4.57. The predicted molar refractivity (Wildman–Crippen MR) is 132 cm³/mol. The van der Waals surface area contributed by atoms with E-state index < -0.39 is 0 Å². The Morgan fingerprint density at radius 2 is 1.68 bits per heavy atom.